The van der Waals surface area contributed by atoms with Crippen LogP contribution < -0.4 is 4.74 Å². The second kappa shape index (κ2) is 8.19. The van der Waals surface area contributed by atoms with Crippen molar-refractivity contribution in [2.75, 3.05) is 7.11 Å². The number of aromatic amines is 1. The number of benzene rings is 2. The van der Waals surface area contributed by atoms with Crippen molar-refractivity contribution < 1.29 is 9.66 Å². The van der Waals surface area contributed by atoms with Crippen molar-refractivity contribution >= 4 is 30.2 Å². The fraction of sp³-hybridized carbons (Fsp3) is 0.0556. The van der Waals surface area contributed by atoms with E-state index in [-0.39, 0.29) is 5.69 Å². The number of nitro benzene ring substituents is 1. The molecule has 1 heterocycles. The summed E-state index contributed by atoms with van der Waals surface area (Å²) < 4.78 is 6.95. The number of aromatic nitrogens is 3. The lowest BCUT2D eigenvalue weighted by Gasteiger charge is -2.02. The van der Waals surface area contributed by atoms with Crippen molar-refractivity contribution in [3.05, 3.63) is 75.1 Å². The Morgan fingerprint density at radius 3 is 2.70 bits per heavy atom. The number of hydrogen-bond donors (Lipinski definition) is 1. The Morgan fingerprint density at radius 1 is 1.26 bits per heavy atom. The van der Waals surface area contributed by atoms with Gasteiger partial charge in [0.25, 0.3) is 5.69 Å². The second-order valence-electron chi connectivity index (χ2n) is 5.33. The van der Waals surface area contributed by atoms with Crippen LogP contribution in [0, 0.1) is 14.9 Å². The zero-order chi connectivity index (χ0) is 19.2. The fourth-order valence-corrected chi connectivity index (χ4v) is 2.55. The number of nitro groups is 1. The van der Waals surface area contributed by atoms with E-state index in [1.165, 1.54) is 17.0 Å². The van der Waals surface area contributed by atoms with Gasteiger partial charge in [-0.15, -0.1) is 0 Å². The van der Waals surface area contributed by atoms with Crippen molar-refractivity contribution in [3.63, 3.8) is 0 Å². The molecule has 0 unspecified atom stereocenters. The van der Waals surface area contributed by atoms with Crippen LogP contribution in [-0.2, 0) is 0 Å². The van der Waals surface area contributed by atoms with E-state index in [2.05, 4.69) is 15.3 Å². The maximum atomic E-state index is 11.0. The van der Waals surface area contributed by atoms with E-state index >= 15 is 0 Å². The van der Waals surface area contributed by atoms with Crippen molar-refractivity contribution in [2.24, 2.45) is 5.10 Å². The van der Waals surface area contributed by atoms with Crippen molar-refractivity contribution in [2.45, 2.75) is 0 Å². The van der Waals surface area contributed by atoms with Crippen molar-refractivity contribution in [3.8, 4) is 17.1 Å². The molecular formula is C18H15N5O3S. The molecule has 0 aliphatic rings. The second-order valence-corrected chi connectivity index (χ2v) is 5.72. The van der Waals surface area contributed by atoms with Crippen LogP contribution in [0.25, 0.3) is 17.5 Å². The van der Waals surface area contributed by atoms with Crippen LogP contribution in [0.5, 0.6) is 5.75 Å². The first-order valence-electron chi connectivity index (χ1n) is 7.86. The topological polar surface area (TPSA) is 98.3 Å². The molecule has 1 N–H and O–H groups in total. The number of nitrogens with zero attached hydrogens (tertiary/aromatic N) is 4. The average molecular weight is 381 g/mol. The first-order chi connectivity index (χ1) is 13.1. The predicted octanol–water partition coefficient (Wildman–Crippen LogP) is 4.07. The van der Waals surface area contributed by atoms with E-state index < -0.39 is 4.92 Å². The fourth-order valence-electron chi connectivity index (χ4n) is 2.37. The molecule has 2 aromatic carbocycles. The van der Waals surface area contributed by atoms with Gasteiger partial charge in [0.2, 0.25) is 4.77 Å². The number of para-hydroxylation sites is 1. The predicted molar refractivity (Wildman–Crippen MR) is 105 cm³/mol. The zero-order valence-corrected chi connectivity index (χ0v) is 15.1. The van der Waals surface area contributed by atoms with Gasteiger partial charge in [-0.1, -0.05) is 12.1 Å². The third-order valence-corrected chi connectivity index (χ3v) is 3.94. The summed E-state index contributed by atoms with van der Waals surface area (Å²) in [6, 6.07) is 13.8. The molecule has 8 nitrogen and oxygen atoms in total. The molecule has 0 amide bonds. The Hall–Kier alpha value is -3.59. The summed E-state index contributed by atoms with van der Waals surface area (Å²) >= 11 is 5.21. The Kier molecular flexibility index (Phi) is 5.53. The minimum atomic E-state index is -0.426. The summed E-state index contributed by atoms with van der Waals surface area (Å²) in [5.41, 5.74) is 1.32. The minimum absolute atomic E-state index is 0.0287. The zero-order valence-electron chi connectivity index (χ0n) is 14.3. The highest BCUT2D eigenvalue weighted by atomic mass is 32.1. The molecule has 27 heavy (non-hydrogen) atoms. The van der Waals surface area contributed by atoms with Gasteiger partial charge in [-0.05, 0) is 54.7 Å². The highest BCUT2D eigenvalue weighted by molar-refractivity contribution is 7.71. The van der Waals surface area contributed by atoms with E-state index in [1.54, 1.807) is 37.5 Å². The van der Waals surface area contributed by atoms with E-state index in [4.69, 9.17) is 17.0 Å². The number of ether oxygens (including phenoxy) is 1. The molecule has 1 aromatic heterocycles. The van der Waals surface area contributed by atoms with Crippen LogP contribution in [0.3, 0.4) is 0 Å². The first kappa shape index (κ1) is 18.2. The van der Waals surface area contributed by atoms with Gasteiger partial charge in [-0.3, -0.25) is 10.1 Å². The van der Waals surface area contributed by atoms with Gasteiger partial charge in [-0.25, -0.2) is 5.10 Å². The molecule has 0 saturated carbocycles. The number of methoxy groups -OCH3 is 1. The monoisotopic (exact) mass is 381 g/mol. The Balaban J connectivity index is 1.85. The maximum Gasteiger partial charge on any atom is 0.276 e. The lowest BCUT2D eigenvalue weighted by molar-refractivity contribution is -0.385. The van der Waals surface area contributed by atoms with Crippen LogP contribution in [-0.4, -0.2) is 33.1 Å². The van der Waals surface area contributed by atoms with Gasteiger partial charge in [-0.2, -0.15) is 14.9 Å². The number of nitrogens with one attached hydrogen (secondary N) is 1. The van der Waals surface area contributed by atoms with Crippen molar-refractivity contribution in [1.29, 1.82) is 0 Å². The molecule has 0 spiro atoms. The van der Waals surface area contributed by atoms with Crippen LogP contribution in [0.1, 0.15) is 5.56 Å². The summed E-state index contributed by atoms with van der Waals surface area (Å²) in [6.45, 7) is 0. The van der Waals surface area contributed by atoms with Crippen LogP contribution in [0.2, 0.25) is 0 Å². The lowest BCUT2D eigenvalue weighted by atomic mass is 10.2. The molecule has 0 aliphatic carbocycles. The summed E-state index contributed by atoms with van der Waals surface area (Å²) in [6.07, 6.45) is 4.71. The van der Waals surface area contributed by atoms with Gasteiger partial charge >= 0.3 is 0 Å². The molecule has 0 aliphatic heterocycles. The third-order valence-electron chi connectivity index (χ3n) is 3.68. The van der Waals surface area contributed by atoms with Gasteiger partial charge in [0.05, 0.1) is 17.6 Å². The maximum absolute atomic E-state index is 11.0. The summed E-state index contributed by atoms with van der Waals surface area (Å²) in [7, 11) is 1.60. The SMILES string of the molecule is COc1ccc(-c2n[nH]c(=S)n2N=C/C=C\c2ccccc2[N+](=O)[O-])cc1. The van der Waals surface area contributed by atoms with Crippen molar-refractivity contribution in [1.82, 2.24) is 14.9 Å². The summed E-state index contributed by atoms with van der Waals surface area (Å²) in [5, 5.41) is 22.2. The van der Waals surface area contributed by atoms with E-state index in [9.17, 15) is 10.1 Å². The molecule has 0 atom stereocenters. The van der Waals surface area contributed by atoms with Crippen LogP contribution in [0.15, 0.2) is 59.7 Å². The number of rotatable bonds is 6. The Labute approximate surface area is 159 Å². The Bertz CT molecular complexity index is 1070. The summed E-state index contributed by atoms with van der Waals surface area (Å²) in [4.78, 5) is 10.6. The normalized spacial score (nSPS) is 11.3. The molecule has 0 radical (unpaired) electrons. The molecule has 0 fully saturated rings. The van der Waals surface area contributed by atoms with Crippen LogP contribution >= 0.6 is 12.2 Å². The van der Waals surface area contributed by atoms with Gasteiger partial charge in [0, 0.05) is 17.8 Å². The van der Waals surface area contributed by atoms with E-state index in [0.717, 1.165) is 11.3 Å². The Morgan fingerprint density at radius 2 is 2.00 bits per heavy atom. The first-order valence-corrected chi connectivity index (χ1v) is 8.27. The lowest BCUT2D eigenvalue weighted by Crippen LogP contribution is -1.94. The smallest absolute Gasteiger partial charge is 0.276 e. The quantitative estimate of drug-likeness (QED) is 0.300. The summed E-state index contributed by atoms with van der Waals surface area (Å²) in [5.74, 6) is 1.27. The molecule has 0 bridgehead atoms. The average Bonchev–Trinajstić information content (AvgIpc) is 3.06. The molecular weight excluding hydrogens is 366 g/mol. The molecule has 3 aromatic rings. The number of H-pyrrole nitrogens is 1. The molecule has 9 heteroatoms. The van der Waals surface area contributed by atoms with E-state index in [1.807, 2.05) is 24.3 Å². The number of hydrogen-bond acceptors (Lipinski definition) is 6. The molecule has 0 saturated heterocycles. The molecule has 3 rings (SSSR count). The highest BCUT2D eigenvalue weighted by Crippen LogP contribution is 2.21. The third kappa shape index (κ3) is 4.15. The highest BCUT2D eigenvalue weighted by Gasteiger charge is 2.09. The van der Waals surface area contributed by atoms with E-state index in [0.29, 0.717) is 16.2 Å². The van der Waals surface area contributed by atoms with Gasteiger partial charge in [0.1, 0.15) is 5.75 Å². The largest absolute Gasteiger partial charge is 0.497 e. The van der Waals surface area contributed by atoms with Crippen LogP contribution in [0.4, 0.5) is 5.69 Å². The van der Waals surface area contributed by atoms with Gasteiger partial charge < -0.3 is 4.74 Å². The van der Waals surface area contributed by atoms with Gasteiger partial charge in [0.15, 0.2) is 5.82 Å². The molecule has 136 valence electrons. The number of allylic oxidation sites excluding steroid dienone is 1. The minimum Gasteiger partial charge on any atom is -0.497 e. The standard InChI is InChI=1S/C18H15N5O3S/c1-26-15-10-8-14(9-11-15)17-20-21-18(27)22(17)19-12-4-6-13-5-2-3-7-16(13)23(24)25/h2-12H,1H3,(H,21,27)/b6-4-,19-12?.